The third-order valence-corrected chi connectivity index (χ3v) is 5.02. The molecule has 0 aliphatic carbocycles. The molecule has 0 aliphatic heterocycles. The predicted octanol–water partition coefficient (Wildman–Crippen LogP) is 5.80. The highest BCUT2D eigenvalue weighted by atomic mass is 79.9. The second-order valence-corrected chi connectivity index (χ2v) is 7.67. The molecule has 0 aliphatic rings. The fourth-order valence-corrected chi connectivity index (χ4v) is 3.46. The number of benzene rings is 2. The molecular weight excluding hydrogens is 458 g/mol. The summed E-state index contributed by atoms with van der Waals surface area (Å²) < 4.78 is 12.1. The van der Waals surface area contributed by atoms with Crippen molar-refractivity contribution in [1.82, 2.24) is 4.98 Å². The molecular formula is C22H13BrClNO4. The molecule has 2 aromatic heterocycles. The van der Waals surface area contributed by atoms with Crippen LogP contribution in [0.4, 0.5) is 0 Å². The molecule has 0 bridgehead atoms. The zero-order valence-corrected chi connectivity index (χ0v) is 17.5. The van der Waals surface area contributed by atoms with E-state index < -0.39 is 11.4 Å². The largest absolute Gasteiger partial charge is 0.452 e. The standard InChI is InChI=1S/C22H13BrClNO4/c1-12-6-7-16-18(8-12)28-20(15-4-2-3-5-17(15)24)21(19(16)26)29-22(27)13-9-14(23)11-25-10-13/h2-11H,1H3. The van der Waals surface area contributed by atoms with Gasteiger partial charge in [0, 0.05) is 22.4 Å². The van der Waals surface area contributed by atoms with Crippen LogP contribution in [-0.2, 0) is 0 Å². The Morgan fingerprint density at radius 3 is 2.69 bits per heavy atom. The number of aromatic nitrogens is 1. The smallest absolute Gasteiger partial charge is 0.345 e. The van der Waals surface area contributed by atoms with Crippen LogP contribution in [0.25, 0.3) is 22.3 Å². The van der Waals surface area contributed by atoms with E-state index in [0.29, 0.717) is 26.0 Å². The first-order chi connectivity index (χ1) is 13.9. The number of carbonyl (C=O) groups excluding carboxylic acids is 1. The average molecular weight is 471 g/mol. The van der Waals surface area contributed by atoms with Crippen molar-refractivity contribution in [2.75, 3.05) is 0 Å². The summed E-state index contributed by atoms with van der Waals surface area (Å²) in [5, 5.41) is 0.672. The number of hydrogen-bond acceptors (Lipinski definition) is 5. The van der Waals surface area contributed by atoms with Crippen LogP contribution in [-0.4, -0.2) is 11.0 Å². The number of aryl methyl sites for hydroxylation is 1. The molecule has 0 N–H and O–H groups in total. The second-order valence-electron chi connectivity index (χ2n) is 6.35. The number of pyridine rings is 1. The fourth-order valence-electron chi connectivity index (χ4n) is 2.87. The first-order valence-corrected chi connectivity index (χ1v) is 9.76. The lowest BCUT2D eigenvalue weighted by atomic mass is 10.1. The van der Waals surface area contributed by atoms with E-state index in [9.17, 15) is 9.59 Å². The van der Waals surface area contributed by atoms with Gasteiger partial charge in [0.15, 0.2) is 5.76 Å². The van der Waals surface area contributed by atoms with Crippen LogP contribution >= 0.6 is 27.5 Å². The normalized spacial score (nSPS) is 10.9. The molecule has 7 heteroatoms. The Morgan fingerprint density at radius 2 is 1.93 bits per heavy atom. The molecule has 0 radical (unpaired) electrons. The van der Waals surface area contributed by atoms with Crippen molar-refractivity contribution < 1.29 is 13.9 Å². The van der Waals surface area contributed by atoms with Crippen molar-refractivity contribution in [3.8, 4) is 17.1 Å². The minimum atomic E-state index is -0.731. The molecule has 2 aromatic carbocycles. The fraction of sp³-hybridized carbons (Fsp3) is 0.0455. The molecule has 0 fully saturated rings. The van der Waals surface area contributed by atoms with Crippen LogP contribution in [0, 0.1) is 6.92 Å². The van der Waals surface area contributed by atoms with Crippen LogP contribution < -0.4 is 10.2 Å². The quantitative estimate of drug-likeness (QED) is 0.354. The summed E-state index contributed by atoms with van der Waals surface area (Å²) in [7, 11) is 0. The lowest BCUT2D eigenvalue weighted by Crippen LogP contribution is -2.16. The highest BCUT2D eigenvalue weighted by Gasteiger charge is 2.23. The number of hydrogen-bond donors (Lipinski definition) is 0. The molecule has 144 valence electrons. The summed E-state index contributed by atoms with van der Waals surface area (Å²) in [6.07, 6.45) is 2.90. The monoisotopic (exact) mass is 469 g/mol. The van der Waals surface area contributed by atoms with Gasteiger partial charge in [-0.1, -0.05) is 29.8 Å². The van der Waals surface area contributed by atoms with E-state index in [0.717, 1.165) is 5.56 Å². The Morgan fingerprint density at radius 1 is 1.14 bits per heavy atom. The van der Waals surface area contributed by atoms with Gasteiger partial charge in [0.25, 0.3) is 0 Å². The van der Waals surface area contributed by atoms with E-state index in [-0.39, 0.29) is 17.1 Å². The molecule has 4 aromatic rings. The van der Waals surface area contributed by atoms with Gasteiger partial charge in [-0.2, -0.15) is 0 Å². The Balaban J connectivity index is 1.94. The van der Waals surface area contributed by atoms with E-state index in [1.807, 2.05) is 6.92 Å². The Hall–Kier alpha value is -2.96. The molecule has 2 heterocycles. The van der Waals surface area contributed by atoms with Crippen LogP contribution in [0.3, 0.4) is 0 Å². The van der Waals surface area contributed by atoms with Gasteiger partial charge in [0.1, 0.15) is 5.58 Å². The van der Waals surface area contributed by atoms with Gasteiger partial charge >= 0.3 is 5.97 Å². The zero-order chi connectivity index (χ0) is 20.5. The van der Waals surface area contributed by atoms with Gasteiger partial charge in [0.2, 0.25) is 11.2 Å². The number of fused-ring (bicyclic) bond motifs is 1. The van der Waals surface area contributed by atoms with Crippen LogP contribution in [0.1, 0.15) is 15.9 Å². The minimum absolute atomic E-state index is 0.0926. The lowest BCUT2D eigenvalue weighted by Gasteiger charge is -2.12. The van der Waals surface area contributed by atoms with Crippen LogP contribution in [0.2, 0.25) is 5.02 Å². The van der Waals surface area contributed by atoms with Crippen molar-refractivity contribution >= 4 is 44.5 Å². The number of carbonyl (C=O) groups is 1. The van der Waals surface area contributed by atoms with E-state index in [1.54, 1.807) is 54.7 Å². The van der Waals surface area contributed by atoms with E-state index in [1.165, 1.54) is 6.20 Å². The molecule has 0 saturated heterocycles. The Bertz CT molecular complexity index is 1320. The van der Waals surface area contributed by atoms with Crippen molar-refractivity contribution in [2.45, 2.75) is 6.92 Å². The maximum Gasteiger partial charge on any atom is 0.345 e. The SMILES string of the molecule is Cc1ccc2c(=O)c(OC(=O)c3cncc(Br)c3)c(-c3ccccc3Cl)oc2c1. The summed E-state index contributed by atoms with van der Waals surface area (Å²) in [6.45, 7) is 1.89. The molecule has 0 amide bonds. The average Bonchev–Trinajstić information content (AvgIpc) is 2.70. The summed E-state index contributed by atoms with van der Waals surface area (Å²) in [5.41, 5.74) is 1.49. The molecule has 5 nitrogen and oxygen atoms in total. The van der Waals surface area contributed by atoms with Gasteiger partial charge in [-0.15, -0.1) is 0 Å². The number of halogens is 2. The summed E-state index contributed by atoms with van der Waals surface area (Å²) in [5.74, 6) is -0.861. The zero-order valence-electron chi connectivity index (χ0n) is 15.1. The highest BCUT2D eigenvalue weighted by molar-refractivity contribution is 9.10. The van der Waals surface area contributed by atoms with Gasteiger partial charge in [0.05, 0.1) is 16.0 Å². The van der Waals surface area contributed by atoms with E-state index in [2.05, 4.69) is 20.9 Å². The molecule has 0 unspecified atom stereocenters. The van der Waals surface area contributed by atoms with Crippen molar-refractivity contribution in [1.29, 1.82) is 0 Å². The maximum atomic E-state index is 13.2. The summed E-state index contributed by atoms with van der Waals surface area (Å²) >= 11 is 9.58. The first-order valence-electron chi connectivity index (χ1n) is 8.59. The third-order valence-electron chi connectivity index (χ3n) is 4.26. The van der Waals surface area contributed by atoms with E-state index in [4.69, 9.17) is 20.8 Å². The Kier molecular flexibility index (Phi) is 5.22. The number of nitrogens with zero attached hydrogens (tertiary/aromatic N) is 1. The van der Waals surface area contributed by atoms with Gasteiger partial charge < -0.3 is 9.15 Å². The summed E-state index contributed by atoms with van der Waals surface area (Å²) in [6, 6.07) is 13.6. The first kappa shape index (κ1) is 19.4. The van der Waals surface area contributed by atoms with Crippen molar-refractivity contribution in [3.63, 3.8) is 0 Å². The molecule has 0 atom stereocenters. The van der Waals surface area contributed by atoms with Gasteiger partial charge in [-0.05, 0) is 58.7 Å². The van der Waals surface area contributed by atoms with Crippen molar-refractivity contribution in [3.05, 3.63) is 91.8 Å². The molecule has 29 heavy (non-hydrogen) atoms. The second kappa shape index (κ2) is 7.81. The topological polar surface area (TPSA) is 69.4 Å². The van der Waals surface area contributed by atoms with E-state index >= 15 is 0 Å². The number of esters is 1. The molecule has 0 spiro atoms. The third kappa shape index (κ3) is 3.81. The predicted molar refractivity (Wildman–Crippen MR) is 115 cm³/mol. The highest BCUT2D eigenvalue weighted by Crippen LogP contribution is 2.35. The summed E-state index contributed by atoms with van der Waals surface area (Å²) in [4.78, 5) is 29.8. The van der Waals surface area contributed by atoms with Crippen molar-refractivity contribution in [2.24, 2.45) is 0 Å². The van der Waals surface area contributed by atoms with Gasteiger partial charge in [-0.3, -0.25) is 9.78 Å². The number of ether oxygens (including phenoxy) is 1. The minimum Gasteiger partial charge on any atom is -0.452 e. The van der Waals surface area contributed by atoms with Crippen LogP contribution in [0.5, 0.6) is 5.75 Å². The Labute approximate surface area is 179 Å². The molecule has 4 rings (SSSR count). The molecule has 0 saturated carbocycles. The number of rotatable bonds is 3. The maximum absolute atomic E-state index is 13.2. The van der Waals surface area contributed by atoms with Crippen LogP contribution in [0.15, 0.2) is 74.6 Å². The van der Waals surface area contributed by atoms with Gasteiger partial charge in [-0.25, -0.2) is 4.79 Å². The lowest BCUT2D eigenvalue weighted by molar-refractivity contribution is 0.0731.